The summed E-state index contributed by atoms with van der Waals surface area (Å²) in [5.41, 5.74) is 1.20. The molecule has 1 amide bonds. The van der Waals surface area contributed by atoms with Crippen LogP contribution >= 0.6 is 0 Å². The maximum atomic E-state index is 11.3. The van der Waals surface area contributed by atoms with Gasteiger partial charge in [0.05, 0.1) is 12.0 Å². The van der Waals surface area contributed by atoms with E-state index < -0.39 is 0 Å². The second-order valence-corrected chi connectivity index (χ2v) is 3.82. The third-order valence-electron chi connectivity index (χ3n) is 2.29. The Labute approximate surface area is 96.1 Å². The quantitative estimate of drug-likeness (QED) is 0.817. The first kappa shape index (κ1) is 12.3. The van der Waals surface area contributed by atoms with Crippen LogP contribution in [-0.4, -0.2) is 12.5 Å². The van der Waals surface area contributed by atoms with Crippen LogP contribution in [0.15, 0.2) is 30.3 Å². The standard InChI is InChI=1S/C13H16N2O/c1-11(10-14)9-13(16)15-8-7-12-5-3-2-4-6-12/h2-6,11H,7-9H2,1H3,(H,15,16). The average molecular weight is 216 g/mol. The lowest BCUT2D eigenvalue weighted by atomic mass is 10.1. The Morgan fingerprint density at radius 1 is 1.44 bits per heavy atom. The van der Waals surface area contributed by atoms with Crippen molar-refractivity contribution in [1.29, 1.82) is 5.26 Å². The minimum absolute atomic E-state index is 0.0509. The van der Waals surface area contributed by atoms with Crippen LogP contribution in [0.3, 0.4) is 0 Å². The summed E-state index contributed by atoms with van der Waals surface area (Å²) in [5.74, 6) is -0.262. The van der Waals surface area contributed by atoms with Crippen LogP contribution in [0.5, 0.6) is 0 Å². The van der Waals surface area contributed by atoms with Crippen molar-refractivity contribution in [2.45, 2.75) is 19.8 Å². The van der Waals surface area contributed by atoms with Crippen LogP contribution in [0.4, 0.5) is 0 Å². The molecule has 0 saturated heterocycles. The van der Waals surface area contributed by atoms with Crippen LogP contribution < -0.4 is 5.32 Å². The van der Waals surface area contributed by atoms with E-state index in [1.165, 1.54) is 5.56 Å². The number of nitrogens with zero attached hydrogens (tertiary/aromatic N) is 1. The molecule has 1 unspecified atom stereocenters. The van der Waals surface area contributed by atoms with E-state index in [4.69, 9.17) is 5.26 Å². The number of nitriles is 1. The van der Waals surface area contributed by atoms with E-state index >= 15 is 0 Å². The fourth-order valence-electron chi connectivity index (χ4n) is 1.39. The molecule has 0 bridgehead atoms. The van der Waals surface area contributed by atoms with Gasteiger partial charge in [-0.15, -0.1) is 0 Å². The first-order valence-corrected chi connectivity index (χ1v) is 5.42. The molecule has 1 aromatic rings. The molecule has 84 valence electrons. The predicted molar refractivity (Wildman–Crippen MR) is 62.5 cm³/mol. The number of hydrogen-bond donors (Lipinski definition) is 1. The van der Waals surface area contributed by atoms with Crippen LogP contribution in [0.2, 0.25) is 0 Å². The zero-order chi connectivity index (χ0) is 11.8. The van der Waals surface area contributed by atoms with E-state index in [0.717, 1.165) is 6.42 Å². The molecule has 0 aromatic heterocycles. The molecule has 1 N–H and O–H groups in total. The van der Waals surface area contributed by atoms with Crippen molar-refractivity contribution in [3.63, 3.8) is 0 Å². The molecule has 0 aliphatic carbocycles. The summed E-state index contributed by atoms with van der Waals surface area (Å²) < 4.78 is 0. The van der Waals surface area contributed by atoms with E-state index in [1.807, 2.05) is 36.4 Å². The largest absolute Gasteiger partial charge is 0.356 e. The molecule has 1 rings (SSSR count). The molecule has 1 atom stereocenters. The highest BCUT2D eigenvalue weighted by Crippen LogP contribution is 2.00. The number of nitrogens with one attached hydrogen (secondary N) is 1. The van der Waals surface area contributed by atoms with Crippen molar-refractivity contribution in [2.24, 2.45) is 5.92 Å². The molecular weight excluding hydrogens is 200 g/mol. The minimum atomic E-state index is -0.211. The summed E-state index contributed by atoms with van der Waals surface area (Å²) in [7, 11) is 0. The summed E-state index contributed by atoms with van der Waals surface area (Å²) in [6, 6.07) is 12.0. The third-order valence-corrected chi connectivity index (χ3v) is 2.29. The lowest BCUT2D eigenvalue weighted by Gasteiger charge is -2.05. The minimum Gasteiger partial charge on any atom is -0.356 e. The van der Waals surface area contributed by atoms with Crippen LogP contribution in [0.1, 0.15) is 18.9 Å². The molecular formula is C13H16N2O. The van der Waals surface area contributed by atoms with E-state index in [1.54, 1.807) is 6.92 Å². The van der Waals surface area contributed by atoms with Crippen LogP contribution in [-0.2, 0) is 11.2 Å². The SMILES string of the molecule is CC(C#N)CC(=O)NCCc1ccccc1. The Hall–Kier alpha value is -1.82. The Morgan fingerprint density at radius 3 is 2.75 bits per heavy atom. The van der Waals surface area contributed by atoms with Gasteiger partial charge in [0.15, 0.2) is 0 Å². The Bertz CT molecular complexity index is 367. The zero-order valence-corrected chi connectivity index (χ0v) is 9.44. The smallest absolute Gasteiger partial charge is 0.221 e. The van der Waals surface area contributed by atoms with Gasteiger partial charge in [-0.25, -0.2) is 0 Å². The molecule has 3 heteroatoms. The molecule has 1 aromatic carbocycles. The maximum Gasteiger partial charge on any atom is 0.221 e. The highest BCUT2D eigenvalue weighted by atomic mass is 16.1. The van der Waals surface area contributed by atoms with Crippen molar-refractivity contribution >= 4 is 5.91 Å². The fourth-order valence-corrected chi connectivity index (χ4v) is 1.39. The van der Waals surface area contributed by atoms with Gasteiger partial charge in [-0.05, 0) is 18.9 Å². The molecule has 0 aliphatic heterocycles. The van der Waals surface area contributed by atoms with E-state index in [0.29, 0.717) is 6.54 Å². The lowest BCUT2D eigenvalue weighted by Crippen LogP contribution is -2.26. The number of carbonyl (C=O) groups excluding carboxylic acids is 1. The van der Waals surface area contributed by atoms with Gasteiger partial charge in [0.25, 0.3) is 0 Å². The topological polar surface area (TPSA) is 52.9 Å². The number of hydrogen-bond acceptors (Lipinski definition) is 2. The van der Waals surface area contributed by atoms with Crippen molar-refractivity contribution in [3.05, 3.63) is 35.9 Å². The summed E-state index contributed by atoms with van der Waals surface area (Å²) in [6.45, 7) is 2.37. The van der Waals surface area contributed by atoms with E-state index in [2.05, 4.69) is 5.32 Å². The van der Waals surface area contributed by atoms with Crippen molar-refractivity contribution in [3.8, 4) is 6.07 Å². The van der Waals surface area contributed by atoms with Crippen molar-refractivity contribution in [1.82, 2.24) is 5.32 Å². The number of carbonyl (C=O) groups is 1. The number of benzene rings is 1. The van der Waals surface area contributed by atoms with Gasteiger partial charge in [0.1, 0.15) is 0 Å². The molecule has 0 spiro atoms. The first-order valence-electron chi connectivity index (χ1n) is 5.42. The summed E-state index contributed by atoms with van der Waals surface area (Å²) in [4.78, 5) is 11.3. The normalized spacial score (nSPS) is 11.5. The van der Waals surface area contributed by atoms with Crippen molar-refractivity contribution in [2.75, 3.05) is 6.54 Å². The van der Waals surface area contributed by atoms with Gasteiger partial charge < -0.3 is 5.32 Å². The third kappa shape index (κ3) is 4.61. The van der Waals surface area contributed by atoms with Gasteiger partial charge in [-0.2, -0.15) is 5.26 Å². The average Bonchev–Trinajstić information content (AvgIpc) is 2.30. The Balaban J connectivity index is 2.21. The van der Waals surface area contributed by atoms with Gasteiger partial charge in [-0.1, -0.05) is 30.3 Å². The lowest BCUT2D eigenvalue weighted by molar-refractivity contribution is -0.121. The highest BCUT2D eigenvalue weighted by molar-refractivity contribution is 5.76. The predicted octanol–water partition coefficient (Wildman–Crippen LogP) is 1.90. The van der Waals surface area contributed by atoms with E-state index in [-0.39, 0.29) is 18.2 Å². The molecule has 0 saturated carbocycles. The molecule has 16 heavy (non-hydrogen) atoms. The van der Waals surface area contributed by atoms with Gasteiger partial charge >= 0.3 is 0 Å². The van der Waals surface area contributed by atoms with E-state index in [9.17, 15) is 4.79 Å². The fraction of sp³-hybridized carbons (Fsp3) is 0.385. The first-order chi connectivity index (χ1) is 7.72. The summed E-state index contributed by atoms with van der Waals surface area (Å²) in [5, 5.41) is 11.4. The Kier molecular flexibility index (Phi) is 5.07. The number of rotatable bonds is 5. The number of amides is 1. The highest BCUT2D eigenvalue weighted by Gasteiger charge is 2.06. The molecule has 3 nitrogen and oxygen atoms in total. The Morgan fingerprint density at radius 2 is 2.12 bits per heavy atom. The van der Waals surface area contributed by atoms with Gasteiger partial charge in [-0.3, -0.25) is 4.79 Å². The van der Waals surface area contributed by atoms with Gasteiger partial charge in [0.2, 0.25) is 5.91 Å². The van der Waals surface area contributed by atoms with Crippen LogP contribution in [0, 0.1) is 17.2 Å². The monoisotopic (exact) mass is 216 g/mol. The molecule has 0 heterocycles. The summed E-state index contributed by atoms with van der Waals surface area (Å²) in [6.07, 6.45) is 1.11. The second kappa shape index (κ2) is 6.62. The summed E-state index contributed by atoms with van der Waals surface area (Å²) >= 11 is 0. The van der Waals surface area contributed by atoms with Gasteiger partial charge in [0, 0.05) is 13.0 Å². The zero-order valence-electron chi connectivity index (χ0n) is 9.44. The van der Waals surface area contributed by atoms with Crippen molar-refractivity contribution < 1.29 is 4.79 Å². The molecule has 0 fully saturated rings. The second-order valence-electron chi connectivity index (χ2n) is 3.82. The molecule has 0 aliphatic rings. The molecule has 0 radical (unpaired) electrons. The maximum absolute atomic E-state index is 11.3. The van der Waals surface area contributed by atoms with Crippen LogP contribution in [0.25, 0.3) is 0 Å².